The Morgan fingerprint density at radius 1 is 1.24 bits per heavy atom. The number of halogens is 2. The van der Waals surface area contributed by atoms with E-state index < -0.39 is 0 Å². The van der Waals surface area contributed by atoms with Crippen molar-refractivity contribution in [2.75, 3.05) is 5.73 Å². The Hall–Kier alpha value is -1.07. The molecule has 0 spiro atoms. The number of nitrogens with two attached hydrogens (primary N) is 1. The van der Waals surface area contributed by atoms with Gasteiger partial charge in [-0.1, -0.05) is 15.9 Å². The van der Waals surface area contributed by atoms with Crippen LogP contribution in [0.4, 0.5) is 5.69 Å². The Morgan fingerprint density at radius 2 is 2.00 bits per heavy atom. The van der Waals surface area contributed by atoms with Crippen molar-refractivity contribution < 1.29 is 4.74 Å². The molecule has 0 aliphatic heterocycles. The number of benzene rings is 1. The van der Waals surface area contributed by atoms with Gasteiger partial charge in [-0.2, -0.15) is 0 Å². The number of nitrogens with zero attached hydrogens (tertiary/aromatic N) is 1. The van der Waals surface area contributed by atoms with Crippen molar-refractivity contribution in [1.29, 1.82) is 0 Å². The van der Waals surface area contributed by atoms with Gasteiger partial charge < -0.3 is 10.5 Å². The predicted molar refractivity (Wildman–Crippen MR) is 75.3 cm³/mol. The molecule has 2 N–H and O–H groups in total. The van der Waals surface area contributed by atoms with Gasteiger partial charge in [0, 0.05) is 10.7 Å². The van der Waals surface area contributed by atoms with Crippen molar-refractivity contribution in [1.82, 2.24) is 4.98 Å². The van der Waals surface area contributed by atoms with Crippen LogP contribution in [0.3, 0.4) is 0 Å². The quantitative estimate of drug-likeness (QED) is 0.815. The lowest BCUT2D eigenvalue weighted by atomic mass is 10.3. The second-order valence-corrected chi connectivity index (χ2v) is 5.35. The highest BCUT2D eigenvalue weighted by Gasteiger charge is 2.07. The third-order valence-electron chi connectivity index (χ3n) is 2.12. The van der Waals surface area contributed by atoms with E-state index in [1.807, 2.05) is 19.1 Å². The minimum atomic E-state index is 0.504. The minimum Gasteiger partial charge on any atom is -0.436 e. The molecule has 17 heavy (non-hydrogen) atoms. The van der Waals surface area contributed by atoms with Gasteiger partial charge in [-0.15, -0.1) is 0 Å². The molecule has 0 aliphatic carbocycles. The van der Waals surface area contributed by atoms with Crippen molar-refractivity contribution in [3.63, 3.8) is 0 Å². The summed E-state index contributed by atoms with van der Waals surface area (Å²) in [6.07, 6.45) is 1.75. The van der Waals surface area contributed by atoms with E-state index in [1.54, 1.807) is 18.3 Å². The van der Waals surface area contributed by atoms with E-state index in [1.165, 1.54) is 0 Å². The van der Waals surface area contributed by atoms with E-state index in [-0.39, 0.29) is 0 Å². The monoisotopic (exact) mass is 356 g/mol. The fourth-order valence-electron chi connectivity index (χ4n) is 1.31. The predicted octanol–water partition coefficient (Wildman–Crippen LogP) is 4.29. The van der Waals surface area contributed by atoms with E-state index in [0.29, 0.717) is 17.3 Å². The van der Waals surface area contributed by atoms with E-state index in [0.717, 1.165) is 14.5 Å². The summed E-state index contributed by atoms with van der Waals surface area (Å²) in [5.41, 5.74) is 7.48. The maximum Gasteiger partial charge on any atom is 0.233 e. The zero-order valence-electron chi connectivity index (χ0n) is 9.08. The molecule has 0 fully saturated rings. The van der Waals surface area contributed by atoms with Crippen LogP contribution in [0.2, 0.25) is 0 Å². The lowest BCUT2D eigenvalue weighted by Gasteiger charge is -2.09. The second-order valence-electron chi connectivity index (χ2n) is 3.58. The number of nitrogen functional groups attached to an aromatic ring is 1. The highest BCUT2D eigenvalue weighted by atomic mass is 79.9. The summed E-state index contributed by atoms with van der Waals surface area (Å²) >= 11 is 6.75. The van der Waals surface area contributed by atoms with Gasteiger partial charge in [-0.3, -0.25) is 0 Å². The number of aryl methyl sites for hydroxylation is 1. The number of rotatable bonds is 2. The third kappa shape index (κ3) is 2.98. The van der Waals surface area contributed by atoms with Crippen molar-refractivity contribution in [2.45, 2.75) is 6.92 Å². The summed E-state index contributed by atoms with van der Waals surface area (Å²) in [7, 11) is 0. The number of pyridine rings is 1. The van der Waals surface area contributed by atoms with Crippen LogP contribution >= 0.6 is 31.9 Å². The molecule has 0 amide bonds. The normalized spacial score (nSPS) is 10.3. The van der Waals surface area contributed by atoms with Crippen molar-refractivity contribution in [2.24, 2.45) is 0 Å². The molecule has 0 bridgehead atoms. The third-order valence-corrected chi connectivity index (χ3v) is 3.18. The van der Waals surface area contributed by atoms with Gasteiger partial charge in [0.25, 0.3) is 0 Å². The number of hydrogen-bond donors (Lipinski definition) is 1. The zero-order chi connectivity index (χ0) is 12.4. The van der Waals surface area contributed by atoms with Crippen LogP contribution in [0.15, 0.2) is 39.4 Å². The number of aromatic nitrogens is 1. The summed E-state index contributed by atoms with van der Waals surface area (Å²) in [5, 5.41) is 0. The number of anilines is 1. The topological polar surface area (TPSA) is 48.1 Å². The molecule has 0 saturated carbocycles. The van der Waals surface area contributed by atoms with Crippen LogP contribution < -0.4 is 10.5 Å². The molecule has 1 aromatic heterocycles. The smallest absolute Gasteiger partial charge is 0.233 e. The lowest BCUT2D eigenvalue weighted by molar-refractivity contribution is 0.461. The van der Waals surface area contributed by atoms with Gasteiger partial charge >= 0.3 is 0 Å². The molecule has 0 saturated heterocycles. The number of hydrogen-bond acceptors (Lipinski definition) is 3. The van der Waals surface area contributed by atoms with Crippen LogP contribution in [-0.2, 0) is 0 Å². The molecular weight excluding hydrogens is 348 g/mol. The number of ether oxygens (including phenoxy) is 1. The molecule has 3 nitrogen and oxygen atoms in total. The molecule has 0 radical (unpaired) electrons. The Morgan fingerprint density at radius 3 is 2.65 bits per heavy atom. The lowest BCUT2D eigenvalue weighted by Crippen LogP contribution is -1.94. The fraction of sp³-hybridized carbons (Fsp3) is 0.0833. The Labute approximate surface area is 116 Å². The molecule has 0 unspecified atom stereocenters. The van der Waals surface area contributed by atoms with Crippen LogP contribution in [0, 0.1) is 6.92 Å². The molecule has 0 aliphatic rings. The van der Waals surface area contributed by atoms with Crippen molar-refractivity contribution in [3.05, 3.63) is 45.0 Å². The maximum absolute atomic E-state index is 5.85. The summed E-state index contributed by atoms with van der Waals surface area (Å²) in [6, 6.07) is 7.40. The van der Waals surface area contributed by atoms with Crippen LogP contribution in [0.25, 0.3) is 0 Å². The van der Waals surface area contributed by atoms with Crippen LogP contribution in [0.1, 0.15) is 5.56 Å². The first kappa shape index (κ1) is 12.4. The fourth-order valence-corrected chi connectivity index (χ4v) is 2.24. The van der Waals surface area contributed by atoms with E-state index >= 15 is 0 Å². The SMILES string of the molecule is Cc1cnc(Oc2ccc(Br)cc2N)c(Br)c1. The molecule has 88 valence electrons. The highest BCUT2D eigenvalue weighted by molar-refractivity contribution is 9.10. The van der Waals surface area contributed by atoms with Gasteiger partial charge in [0.05, 0.1) is 10.2 Å². The summed E-state index contributed by atoms with van der Waals surface area (Å²) in [6.45, 7) is 1.97. The average Bonchev–Trinajstić information content (AvgIpc) is 2.25. The van der Waals surface area contributed by atoms with E-state index in [9.17, 15) is 0 Å². The Kier molecular flexibility index (Phi) is 3.69. The van der Waals surface area contributed by atoms with Gasteiger partial charge in [0.15, 0.2) is 5.75 Å². The Bertz CT molecular complexity index is 509. The standard InChI is InChI=1S/C12H10Br2N2O/c1-7-4-9(14)12(16-6-7)17-11-3-2-8(13)5-10(11)15/h2-6H,15H2,1H3. The van der Waals surface area contributed by atoms with Crippen LogP contribution in [-0.4, -0.2) is 4.98 Å². The van der Waals surface area contributed by atoms with E-state index in [2.05, 4.69) is 36.8 Å². The highest BCUT2D eigenvalue weighted by Crippen LogP contribution is 2.32. The maximum atomic E-state index is 5.85. The van der Waals surface area contributed by atoms with Crippen LogP contribution in [0.5, 0.6) is 11.6 Å². The molecule has 2 aromatic rings. The van der Waals surface area contributed by atoms with Crippen molar-refractivity contribution in [3.8, 4) is 11.6 Å². The van der Waals surface area contributed by atoms with Gasteiger partial charge in [-0.05, 0) is 52.7 Å². The molecule has 1 heterocycles. The molecule has 0 atom stereocenters. The molecular formula is C12H10Br2N2O. The minimum absolute atomic E-state index is 0.504. The first-order valence-corrected chi connectivity index (χ1v) is 6.50. The van der Waals surface area contributed by atoms with Gasteiger partial charge in [0.2, 0.25) is 5.88 Å². The Balaban J connectivity index is 2.31. The summed E-state index contributed by atoms with van der Waals surface area (Å²) in [4.78, 5) is 4.20. The van der Waals surface area contributed by atoms with Crippen molar-refractivity contribution >= 4 is 37.5 Å². The van der Waals surface area contributed by atoms with Gasteiger partial charge in [0.1, 0.15) is 0 Å². The molecule has 1 aromatic carbocycles. The summed E-state index contributed by atoms with van der Waals surface area (Å²) < 4.78 is 7.37. The second kappa shape index (κ2) is 5.06. The zero-order valence-corrected chi connectivity index (χ0v) is 12.2. The molecule has 5 heteroatoms. The summed E-state index contributed by atoms with van der Waals surface area (Å²) in [5.74, 6) is 1.09. The average molecular weight is 358 g/mol. The first-order valence-electron chi connectivity index (χ1n) is 4.91. The van der Waals surface area contributed by atoms with E-state index in [4.69, 9.17) is 10.5 Å². The molecule has 2 rings (SSSR count). The largest absolute Gasteiger partial charge is 0.436 e. The van der Waals surface area contributed by atoms with Gasteiger partial charge in [-0.25, -0.2) is 4.98 Å². The first-order chi connectivity index (χ1) is 8.06.